The third kappa shape index (κ3) is 5.20. The van der Waals surface area contributed by atoms with Crippen LogP contribution in [-0.4, -0.2) is 61.6 Å². The summed E-state index contributed by atoms with van der Waals surface area (Å²) in [7, 11) is -1.92. The van der Waals surface area contributed by atoms with E-state index in [1.807, 2.05) is 5.09 Å². The fraction of sp³-hybridized carbons (Fsp3) is 0.412. The van der Waals surface area contributed by atoms with Gasteiger partial charge < -0.3 is 10.1 Å². The van der Waals surface area contributed by atoms with E-state index in [0.717, 1.165) is 14.2 Å². The van der Waals surface area contributed by atoms with Crippen LogP contribution < -0.4 is 10.4 Å². The zero-order chi connectivity index (χ0) is 21.6. The van der Waals surface area contributed by atoms with Crippen molar-refractivity contribution >= 4 is 31.6 Å². The number of esters is 1. The summed E-state index contributed by atoms with van der Waals surface area (Å²) in [6.07, 6.45) is -0.0189. The number of imide groups is 1. The Morgan fingerprint density at radius 1 is 1.14 bits per heavy atom. The quantitative estimate of drug-likeness (QED) is 0.349. The molecular formula is C17H22N3O8P. The fourth-order valence-corrected chi connectivity index (χ4v) is 3.34. The summed E-state index contributed by atoms with van der Waals surface area (Å²) in [5.41, 5.74) is 0.709. The second-order valence-electron chi connectivity index (χ2n) is 5.89. The summed E-state index contributed by atoms with van der Waals surface area (Å²) < 4.78 is 26.1. The standard InChI is InChI=1S/C17H22N3O8P/c1-4-28-16(23)14-13(18-12(21)10-11-8-6-5-7-9-11)15(22)20(14)17(24)19-29(25,26-2)27-3/h5-9,13-14H,4,10H2,1-3H3,(H,18,21)(H,19,24,25)/t13-,14-/m1/s1. The van der Waals surface area contributed by atoms with E-state index in [1.54, 1.807) is 37.3 Å². The lowest BCUT2D eigenvalue weighted by atomic mass is 9.95. The van der Waals surface area contributed by atoms with E-state index in [-0.39, 0.29) is 13.0 Å². The number of carbonyl (C=O) groups is 4. The van der Waals surface area contributed by atoms with Crippen LogP contribution in [0.15, 0.2) is 30.3 Å². The Bertz CT molecular complexity index is 823. The van der Waals surface area contributed by atoms with E-state index in [4.69, 9.17) is 4.74 Å². The van der Waals surface area contributed by atoms with Crippen LogP contribution >= 0.6 is 7.75 Å². The van der Waals surface area contributed by atoms with Gasteiger partial charge in [0.1, 0.15) is 6.04 Å². The minimum absolute atomic E-state index is 0.00169. The first-order valence-corrected chi connectivity index (χ1v) is 10.2. The molecule has 158 valence electrons. The van der Waals surface area contributed by atoms with Crippen molar-refractivity contribution in [2.75, 3.05) is 20.8 Å². The number of nitrogens with one attached hydrogen (secondary N) is 2. The van der Waals surface area contributed by atoms with Gasteiger partial charge in [-0.1, -0.05) is 30.3 Å². The number of nitrogens with zero attached hydrogens (tertiary/aromatic N) is 1. The Morgan fingerprint density at radius 3 is 2.31 bits per heavy atom. The van der Waals surface area contributed by atoms with Gasteiger partial charge in [-0.05, 0) is 12.5 Å². The van der Waals surface area contributed by atoms with Crippen molar-refractivity contribution in [2.45, 2.75) is 25.4 Å². The molecule has 29 heavy (non-hydrogen) atoms. The highest BCUT2D eigenvalue weighted by atomic mass is 31.2. The molecule has 1 saturated heterocycles. The van der Waals surface area contributed by atoms with Crippen LogP contribution in [0, 0.1) is 0 Å². The van der Waals surface area contributed by atoms with E-state index in [9.17, 15) is 23.7 Å². The minimum atomic E-state index is -4.00. The lowest BCUT2D eigenvalue weighted by molar-refractivity contribution is -0.166. The summed E-state index contributed by atoms with van der Waals surface area (Å²) in [4.78, 5) is 49.8. The first-order chi connectivity index (χ1) is 13.8. The molecule has 0 aliphatic carbocycles. The van der Waals surface area contributed by atoms with Crippen LogP contribution in [0.1, 0.15) is 12.5 Å². The summed E-state index contributed by atoms with van der Waals surface area (Å²) in [5.74, 6) is -2.26. The van der Waals surface area contributed by atoms with Crippen LogP contribution in [0.4, 0.5) is 4.79 Å². The molecule has 0 radical (unpaired) electrons. The molecule has 4 amide bonds. The normalized spacial score (nSPS) is 18.6. The second-order valence-corrected chi connectivity index (χ2v) is 7.84. The van der Waals surface area contributed by atoms with Crippen molar-refractivity contribution in [3.05, 3.63) is 35.9 Å². The zero-order valence-electron chi connectivity index (χ0n) is 16.1. The Labute approximate surface area is 167 Å². The maximum absolute atomic E-state index is 12.4. The molecule has 0 unspecified atom stereocenters. The van der Waals surface area contributed by atoms with Crippen molar-refractivity contribution in [2.24, 2.45) is 0 Å². The fourth-order valence-electron chi connectivity index (χ4n) is 2.67. The number of ether oxygens (including phenoxy) is 1. The molecule has 0 saturated carbocycles. The molecule has 0 bridgehead atoms. The van der Waals surface area contributed by atoms with Crippen LogP contribution in [0.2, 0.25) is 0 Å². The number of carbonyl (C=O) groups excluding carboxylic acids is 4. The number of amides is 4. The van der Waals surface area contributed by atoms with Gasteiger partial charge in [-0.2, -0.15) is 0 Å². The highest BCUT2D eigenvalue weighted by molar-refractivity contribution is 7.52. The van der Waals surface area contributed by atoms with E-state index in [2.05, 4.69) is 14.4 Å². The van der Waals surface area contributed by atoms with Crippen molar-refractivity contribution in [1.82, 2.24) is 15.3 Å². The Balaban J connectivity index is 2.13. The molecule has 12 heteroatoms. The smallest absolute Gasteiger partial charge is 0.435 e. The maximum Gasteiger partial charge on any atom is 0.435 e. The summed E-state index contributed by atoms with van der Waals surface area (Å²) in [5, 5.41) is 4.36. The molecular weight excluding hydrogens is 405 g/mol. The Kier molecular flexibility index (Phi) is 7.49. The number of rotatable bonds is 8. The van der Waals surface area contributed by atoms with Gasteiger partial charge in [-0.3, -0.25) is 18.6 Å². The lowest BCUT2D eigenvalue weighted by Gasteiger charge is -2.43. The van der Waals surface area contributed by atoms with Crippen LogP contribution in [0.25, 0.3) is 0 Å². The van der Waals surface area contributed by atoms with Crippen molar-refractivity contribution < 1.29 is 37.5 Å². The third-order valence-electron chi connectivity index (χ3n) is 4.08. The zero-order valence-corrected chi connectivity index (χ0v) is 17.0. The Morgan fingerprint density at radius 2 is 1.76 bits per heavy atom. The van der Waals surface area contributed by atoms with Gasteiger partial charge in [-0.15, -0.1) is 0 Å². The van der Waals surface area contributed by atoms with E-state index >= 15 is 0 Å². The van der Waals surface area contributed by atoms with Crippen molar-refractivity contribution in [3.63, 3.8) is 0 Å². The molecule has 2 N–H and O–H groups in total. The number of β-lactam (4-membered cyclic amide) rings is 1. The molecule has 1 aromatic rings. The first kappa shape index (κ1) is 22.5. The van der Waals surface area contributed by atoms with Gasteiger partial charge in [0.15, 0.2) is 6.04 Å². The van der Waals surface area contributed by atoms with Gasteiger partial charge >= 0.3 is 19.7 Å². The molecule has 1 heterocycles. The summed E-state index contributed by atoms with van der Waals surface area (Å²) in [6, 6.07) is 4.90. The van der Waals surface area contributed by atoms with Crippen LogP contribution in [-0.2, 0) is 39.2 Å². The topological polar surface area (TPSA) is 140 Å². The van der Waals surface area contributed by atoms with Crippen LogP contribution in [0.3, 0.4) is 0 Å². The molecule has 1 aromatic carbocycles. The molecule has 2 rings (SSSR count). The van der Waals surface area contributed by atoms with Crippen LogP contribution in [0.5, 0.6) is 0 Å². The summed E-state index contributed by atoms with van der Waals surface area (Å²) >= 11 is 0. The molecule has 1 aliphatic rings. The molecule has 0 spiro atoms. The number of hydrogen-bond acceptors (Lipinski definition) is 8. The Hall–Kier alpha value is -2.75. The van der Waals surface area contributed by atoms with Gasteiger partial charge in [0.25, 0.3) is 5.91 Å². The van der Waals surface area contributed by atoms with Gasteiger partial charge in [0.2, 0.25) is 5.91 Å². The predicted molar refractivity (Wildman–Crippen MR) is 99.5 cm³/mol. The SMILES string of the molecule is CCOC(=O)[C@H]1[C@@H](NC(=O)Cc2ccccc2)C(=O)N1C(=O)NP(=O)(OC)OC. The minimum Gasteiger partial charge on any atom is -0.464 e. The van der Waals surface area contributed by atoms with Gasteiger partial charge in [-0.25, -0.2) is 24.1 Å². The van der Waals surface area contributed by atoms with Gasteiger partial charge in [0.05, 0.1) is 13.0 Å². The highest BCUT2D eigenvalue weighted by Crippen LogP contribution is 2.42. The highest BCUT2D eigenvalue weighted by Gasteiger charge is 2.57. The predicted octanol–water partition coefficient (Wildman–Crippen LogP) is 0.598. The molecule has 0 aromatic heterocycles. The number of urea groups is 1. The average Bonchev–Trinajstić information content (AvgIpc) is 2.70. The largest absolute Gasteiger partial charge is 0.464 e. The van der Waals surface area contributed by atoms with E-state index < -0.39 is 43.6 Å². The number of hydrogen-bond donors (Lipinski definition) is 2. The van der Waals surface area contributed by atoms with Crippen molar-refractivity contribution in [3.8, 4) is 0 Å². The van der Waals surface area contributed by atoms with Gasteiger partial charge in [0, 0.05) is 14.2 Å². The summed E-state index contributed by atoms with van der Waals surface area (Å²) in [6.45, 7) is 1.55. The third-order valence-corrected chi connectivity index (χ3v) is 5.51. The van der Waals surface area contributed by atoms with Crippen molar-refractivity contribution in [1.29, 1.82) is 0 Å². The number of likely N-dealkylation sites (tertiary alicyclic amines) is 1. The molecule has 1 aliphatic heterocycles. The molecule has 11 nitrogen and oxygen atoms in total. The average molecular weight is 427 g/mol. The number of benzene rings is 1. The maximum atomic E-state index is 12.4. The van der Waals surface area contributed by atoms with E-state index in [0.29, 0.717) is 10.5 Å². The molecule has 1 fully saturated rings. The first-order valence-electron chi connectivity index (χ1n) is 8.63. The monoisotopic (exact) mass is 427 g/mol. The molecule has 2 atom stereocenters. The van der Waals surface area contributed by atoms with E-state index in [1.165, 1.54) is 0 Å². The lowest BCUT2D eigenvalue weighted by Crippen LogP contribution is -2.75. The second kappa shape index (κ2) is 9.64.